The van der Waals surface area contributed by atoms with E-state index in [2.05, 4.69) is 13.8 Å². The summed E-state index contributed by atoms with van der Waals surface area (Å²) in [5.74, 6) is 1.64. The molecular formula is C24H42O3. The minimum absolute atomic E-state index is 0.165. The summed E-state index contributed by atoms with van der Waals surface area (Å²) in [6, 6.07) is 0. The largest absolute Gasteiger partial charge is 0.393 e. The first-order chi connectivity index (χ1) is 13.0. The predicted octanol–water partition coefficient (Wildman–Crippen LogP) is 5.27. The molecule has 0 radical (unpaired) electrons. The quantitative estimate of drug-likeness (QED) is 0.537. The van der Waals surface area contributed by atoms with Gasteiger partial charge in [0.2, 0.25) is 0 Å². The Bertz CT molecular complexity index is 484. The summed E-state index contributed by atoms with van der Waals surface area (Å²) in [5, 5.41) is 21.4. The molecule has 3 fully saturated rings. The second-order valence-corrected chi connectivity index (χ2v) is 10.1. The number of aliphatic hydroxyl groups is 2. The van der Waals surface area contributed by atoms with Crippen molar-refractivity contribution in [3.8, 4) is 0 Å². The van der Waals surface area contributed by atoms with Gasteiger partial charge in [0.1, 0.15) is 5.78 Å². The zero-order chi connectivity index (χ0) is 19.4. The summed E-state index contributed by atoms with van der Waals surface area (Å²) in [4.78, 5) is 12.9. The van der Waals surface area contributed by atoms with Gasteiger partial charge in [-0.25, -0.2) is 0 Å². The van der Waals surface area contributed by atoms with Crippen molar-refractivity contribution >= 4 is 5.78 Å². The number of fused-ring (bicyclic) bond motifs is 1. The predicted molar refractivity (Wildman–Crippen MR) is 109 cm³/mol. The van der Waals surface area contributed by atoms with Crippen LogP contribution in [0.5, 0.6) is 0 Å². The van der Waals surface area contributed by atoms with Crippen LogP contribution in [-0.2, 0) is 4.79 Å². The number of carbonyl (C=O) groups is 1. The number of Topliss-reactive ketones (excluding diaryl/α,β-unsaturated/α-hetero) is 1. The molecular weight excluding hydrogens is 336 g/mol. The van der Waals surface area contributed by atoms with Crippen molar-refractivity contribution in [2.24, 2.45) is 29.1 Å². The van der Waals surface area contributed by atoms with Crippen LogP contribution in [-0.4, -0.2) is 28.2 Å². The van der Waals surface area contributed by atoms with Crippen LogP contribution in [0.1, 0.15) is 104 Å². The van der Waals surface area contributed by atoms with Crippen molar-refractivity contribution in [3.05, 3.63) is 0 Å². The Morgan fingerprint density at radius 3 is 2.52 bits per heavy atom. The molecule has 0 aromatic rings. The molecule has 0 bridgehead atoms. The highest BCUT2D eigenvalue weighted by Crippen LogP contribution is 2.60. The highest BCUT2D eigenvalue weighted by atomic mass is 16.3. The number of hydrogen-bond acceptors (Lipinski definition) is 3. The topological polar surface area (TPSA) is 57.5 Å². The minimum Gasteiger partial charge on any atom is -0.393 e. The van der Waals surface area contributed by atoms with E-state index in [1.807, 2.05) is 0 Å². The van der Waals surface area contributed by atoms with Gasteiger partial charge in [-0.15, -0.1) is 0 Å². The third-order valence-corrected chi connectivity index (χ3v) is 8.34. The molecule has 156 valence electrons. The summed E-state index contributed by atoms with van der Waals surface area (Å²) in [6.07, 6.45) is 14.8. The fraction of sp³-hybridized carbons (Fsp3) is 0.958. The summed E-state index contributed by atoms with van der Waals surface area (Å²) in [5.41, 5.74) is -0.199. The summed E-state index contributed by atoms with van der Waals surface area (Å²) < 4.78 is 0. The van der Waals surface area contributed by atoms with Gasteiger partial charge in [-0.2, -0.15) is 0 Å². The molecule has 0 saturated heterocycles. The highest BCUT2D eigenvalue weighted by Gasteiger charge is 2.63. The third-order valence-electron chi connectivity index (χ3n) is 8.34. The van der Waals surface area contributed by atoms with Crippen molar-refractivity contribution in [1.82, 2.24) is 0 Å². The zero-order valence-electron chi connectivity index (χ0n) is 17.7. The van der Waals surface area contributed by atoms with Crippen molar-refractivity contribution in [2.45, 2.75) is 116 Å². The molecule has 0 aromatic heterocycles. The van der Waals surface area contributed by atoms with Gasteiger partial charge in [0.15, 0.2) is 0 Å². The number of rotatable bonds is 9. The average Bonchev–Trinajstić information content (AvgIpc) is 2.69. The first kappa shape index (κ1) is 21.3. The van der Waals surface area contributed by atoms with E-state index in [0.29, 0.717) is 17.6 Å². The average molecular weight is 379 g/mol. The van der Waals surface area contributed by atoms with Crippen LogP contribution < -0.4 is 0 Å². The van der Waals surface area contributed by atoms with Gasteiger partial charge in [0.05, 0.1) is 12.2 Å². The van der Waals surface area contributed by atoms with Gasteiger partial charge in [0.25, 0.3) is 0 Å². The molecule has 1 unspecified atom stereocenters. The molecule has 3 aliphatic rings. The van der Waals surface area contributed by atoms with E-state index in [4.69, 9.17) is 0 Å². The Balaban J connectivity index is 1.58. The van der Waals surface area contributed by atoms with E-state index >= 15 is 0 Å². The van der Waals surface area contributed by atoms with Gasteiger partial charge in [-0.05, 0) is 62.7 Å². The van der Waals surface area contributed by atoms with Gasteiger partial charge in [-0.1, -0.05) is 58.8 Å². The molecule has 0 spiro atoms. The lowest BCUT2D eigenvalue weighted by Gasteiger charge is -2.59. The van der Waals surface area contributed by atoms with Crippen LogP contribution in [0.4, 0.5) is 0 Å². The molecule has 2 N–H and O–H groups in total. The molecule has 0 amide bonds. The Morgan fingerprint density at radius 1 is 1.07 bits per heavy atom. The number of aliphatic hydroxyl groups excluding tert-OH is 2. The number of hydrogen-bond donors (Lipinski definition) is 2. The van der Waals surface area contributed by atoms with Crippen molar-refractivity contribution in [3.63, 3.8) is 0 Å². The fourth-order valence-electron chi connectivity index (χ4n) is 6.65. The molecule has 3 aliphatic carbocycles. The van der Waals surface area contributed by atoms with E-state index in [0.717, 1.165) is 51.4 Å². The van der Waals surface area contributed by atoms with Gasteiger partial charge >= 0.3 is 0 Å². The Labute approximate surface area is 166 Å². The first-order valence-electron chi connectivity index (χ1n) is 11.9. The molecule has 0 aliphatic heterocycles. The lowest BCUT2D eigenvalue weighted by molar-refractivity contribution is -0.178. The van der Waals surface area contributed by atoms with Crippen molar-refractivity contribution in [1.29, 1.82) is 0 Å². The molecule has 3 saturated carbocycles. The first-order valence-corrected chi connectivity index (χ1v) is 11.9. The molecule has 27 heavy (non-hydrogen) atoms. The van der Waals surface area contributed by atoms with Gasteiger partial charge in [0, 0.05) is 11.3 Å². The maximum Gasteiger partial charge on any atom is 0.142 e. The van der Waals surface area contributed by atoms with E-state index in [-0.39, 0.29) is 29.5 Å². The molecule has 3 heteroatoms. The molecule has 3 nitrogen and oxygen atoms in total. The minimum atomic E-state index is -0.284. The van der Waals surface area contributed by atoms with Crippen LogP contribution >= 0.6 is 0 Å². The molecule has 3 rings (SSSR count). The van der Waals surface area contributed by atoms with Crippen LogP contribution in [0.15, 0.2) is 0 Å². The Kier molecular flexibility index (Phi) is 7.41. The number of unbranched alkanes of at least 4 members (excludes halogenated alkanes) is 3. The zero-order valence-corrected chi connectivity index (χ0v) is 17.7. The lowest BCUT2D eigenvalue weighted by atomic mass is 9.43. The summed E-state index contributed by atoms with van der Waals surface area (Å²) >= 11 is 0. The standard InChI is InChI=1S/C24H42O3/c1-3-4-5-9-12-19-22-18(21(26)15-16-24(22,2)23(19)27)13-14-20(25)17-10-7-6-8-11-17/h17-22,25-26H,3-16H2,1-2H3/t18-,19?,20+,21+,22-,24-/m0/s1. The lowest BCUT2D eigenvalue weighted by Crippen LogP contribution is -2.63. The monoisotopic (exact) mass is 378 g/mol. The van der Waals surface area contributed by atoms with Gasteiger partial charge in [-0.3, -0.25) is 4.79 Å². The van der Waals surface area contributed by atoms with E-state index < -0.39 is 0 Å². The Morgan fingerprint density at radius 2 is 1.81 bits per heavy atom. The second kappa shape index (κ2) is 9.39. The molecule has 0 aromatic carbocycles. The van der Waals surface area contributed by atoms with E-state index in [1.54, 1.807) is 0 Å². The molecule has 6 atom stereocenters. The van der Waals surface area contributed by atoms with Gasteiger partial charge < -0.3 is 10.2 Å². The van der Waals surface area contributed by atoms with Crippen LogP contribution in [0.25, 0.3) is 0 Å². The maximum absolute atomic E-state index is 12.9. The van der Waals surface area contributed by atoms with E-state index in [1.165, 1.54) is 38.5 Å². The van der Waals surface area contributed by atoms with Crippen molar-refractivity contribution in [2.75, 3.05) is 0 Å². The SMILES string of the molecule is CCCCCCC1C(=O)[C@@]2(C)CC[C@@H](O)[C@H](CC[C@@H](O)C3CCCCC3)[C@@H]12. The highest BCUT2D eigenvalue weighted by molar-refractivity contribution is 5.93. The van der Waals surface area contributed by atoms with Crippen LogP contribution in [0, 0.1) is 29.1 Å². The maximum atomic E-state index is 12.9. The fourth-order valence-corrected chi connectivity index (χ4v) is 6.65. The summed E-state index contributed by atoms with van der Waals surface area (Å²) in [7, 11) is 0. The number of ketones is 1. The van der Waals surface area contributed by atoms with Crippen LogP contribution in [0.3, 0.4) is 0 Å². The second-order valence-electron chi connectivity index (χ2n) is 10.1. The van der Waals surface area contributed by atoms with E-state index in [9.17, 15) is 15.0 Å². The normalized spacial score (nSPS) is 38.3. The summed E-state index contributed by atoms with van der Waals surface area (Å²) in [6.45, 7) is 4.37. The van der Waals surface area contributed by atoms with Crippen LogP contribution in [0.2, 0.25) is 0 Å². The smallest absolute Gasteiger partial charge is 0.142 e. The third kappa shape index (κ3) is 4.45. The van der Waals surface area contributed by atoms with Crippen molar-refractivity contribution < 1.29 is 15.0 Å². The molecule has 0 heterocycles. The Hall–Kier alpha value is -0.410. The number of carbonyl (C=O) groups excluding carboxylic acids is 1.